The Morgan fingerprint density at radius 3 is 2.57 bits per heavy atom. The minimum absolute atomic E-state index is 0.117. The molecular formula is C22H24N4O2. The zero-order chi connectivity index (χ0) is 19.8. The molecule has 1 aromatic carbocycles. The smallest absolute Gasteiger partial charge is 0.264 e. The summed E-state index contributed by atoms with van der Waals surface area (Å²) in [6, 6.07) is 10.2. The normalized spacial score (nSPS) is 16.9. The lowest BCUT2D eigenvalue weighted by Gasteiger charge is -2.14. The molecule has 0 saturated heterocycles. The van der Waals surface area contributed by atoms with Gasteiger partial charge < -0.3 is 9.88 Å². The van der Waals surface area contributed by atoms with Crippen molar-refractivity contribution in [3.63, 3.8) is 0 Å². The molecule has 0 aliphatic heterocycles. The molecule has 6 nitrogen and oxygen atoms in total. The van der Waals surface area contributed by atoms with Gasteiger partial charge in [-0.25, -0.2) is 9.97 Å². The quantitative estimate of drug-likeness (QED) is 0.752. The largest absolute Gasteiger partial charge is 0.367 e. The van der Waals surface area contributed by atoms with Crippen molar-refractivity contribution < 1.29 is 4.79 Å². The predicted octanol–water partition coefficient (Wildman–Crippen LogP) is 3.65. The van der Waals surface area contributed by atoms with E-state index in [0.29, 0.717) is 41.3 Å². The van der Waals surface area contributed by atoms with Crippen LogP contribution in [0.2, 0.25) is 0 Å². The average molecular weight is 376 g/mol. The topological polar surface area (TPSA) is 76.9 Å². The van der Waals surface area contributed by atoms with E-state index in [1.54, 1.807) is 7.05 Å². The molecule has 0 bridgehead atoms. The monoisotopic (exact) mass is 376 g/mol. The number of carbonyl (C=O) groups excluding carboxylic acids is 1. The molecule has 1 atom stereocenters. The van der Waals surface area contributed by atoms with E-state index in [4.69, 9.17) is 4.98 Å². The fraction of sp³-hybridized carbons (Fsp3) is 0.364. The second kappa shape index (κ2) is 7.19. The van der Waals surface area contributed by atoms with Crippen LogP contribution in [-0.4, -0.2) is 26.4 Å². The fourth-order valence-electron chi connectivity index (χ4n) is 3.77. The molecule has 1 saturated carbocycles. The molecule has 2 aromatic heterocycles. The van der Waals surface area contributed by atoms with Crippen LogP contribution in [0.3, 0.4) is 0 Å². The zero-order valence-electron chi connectivity index (χ0n) is 16.4. The van der Waals surface area contributed by atoms with Gasteiger partial charge in [0.05, 0.1) is 17.5 Å². The number of ketones is 1. The molecule has 0 spiro atoms. The van der Waals surface area contributed by atoms with Crippen LogP contribution in [0, 0.1) is 0 Å². The van der Waals surface area contributed by atoms with Gasteiger partial charge in [0, 0.05) is 31.5 Å². The Bertz CT molecular complexity index is 1100. The van der Waals surface area contributed by atoms with Crippen LogP contribution in [0.5, 0.6) is 0 Å². The van der Waals surface area contributed by atoms with Gasteiger partial charge in [0.15, 0.2) is 0 Å². The van der Waals surface area contributed by atoms with Gasteiger partial charge in [0.25, 0.3) is 5.56 Å². The summed E-state index contributed by atoms with van der Waals surface area (Å²) in [6.07, 6.45) is 3.79. The van der Waals surface area contributed by atoms with Crippen molar-refractivity contribution in [3.05, 3.63) is 52.6 Å². The first kappa shape index (κ1) is 18.3. The number of aryl methyl sites for hydroxylation is 1. The van der Waals surface area contributed by atoms with Gasteiger partial charge in [-0.3, -0.25) is 9.59 Å². The summed E-state index contributed by atoms with van der Waals surface area (Å²) in [7, 11) is 1.69. The Morgan fingerprint density at radius 2 is 1.93 bits per heavy atom. The number of benzene rings is 1. The fourth-order valence-corrected chi connectivity index (χ4v) is 3.77. The lowest BCUT2D eigenvalue weighted by atomic mass is 9.96. The van der Waals surface area contributed by atoms with Gasteiger partial charge in [0.2, 0.25) is 0 Å². The Hall–Kier alpha value is -3.02. The van der Waals surface area contributed by atoms with Crippen molar-refractivity contribution in [3.8, 4) is 11.3 Å². The average Bonchev–Trinajstić information content (AvgIpc) is 3.10. The number of aromatic nitrogens is 3. The van der Waals surface area contributed by atoms with Crippen LogP contribution in [0.4, 0.5) is 5.82 Å². The third-order valence-corrected chi connectivity index (χ3v) is 5.25. The van der Waals surface area contributed by atoms with Crippen molar-refractivity contribution >= 4 is 22.5 Å². The number of nitrogens with one attached hydrogen (secondary N) is 1. The number of hydrogen-bond donors (Lipinski definition) is 1. The Kier molecular flexibility index (Phi) is 4.71. The van der Waals surface area contributed by atoms with Crippen molar-refractivity contribution in [2.45, 2.75) is 45.1 Å². The van der Waals surface area contributed by atoms with Gasteiger partial charge >= 0.3 is 0 Å². The van der Waals surface area contributed by atoms with Gasteiger partial charge in [-0.1, -0.05) is 24.3 Å². The molecule has 4 rings (SSSR count). The number of hydrogen-bond acceptors (Lipinski definition) is 5. The molecule has 3 aromatic rings. The molecule has 6 heteroatoms. The van der Waals surface area contributed by atoms with E-state index >= 15 is 0 Å². The summed E-state index contributed by atoms with van der Waals surface area (Å²) in [5, 5.41) is 3.79. The van der Waals surface area contributed by atoms with Crippen LogP contribution >= 0.6 is 0 Å². The van der Waals surface area contributed by atoms with E-state index in [0.717, 1.165) is 17.7 Å². The van der Waals surface area contributed by atoms with E-state index in [1.807, 2.05) is 32.0 Å². The molecule has 1 N–H and O–H groups in total. The molecule has 28 heavy (non-hydrogen) atoms. The first-order valence-corrected chi connectivity index (χ1v) is 9.67. The van der Waals surface area contributed by atoms with Crippen molar-refractivity contribution in [1.29, 1.82) is 0 Å². The van der Waals surface area contributed by atoms with Crippen LogP contribution in [0.1, 0.15) is 44.6 Å². The van der Waals surface area contributed by atoms with Crippen LogP contribution < -0.4 is 10.9 Å². The lowest BCUT2D eigenvalue weighted by Crippen LogP contribution is -2.21. The first-order chi connectivity index (χ1) is 13.4. The molecule has 1 aliphatic rings. The number of rotatable bonds is 4. The summed E-state index contributed by atoms with van der Waals surface area (Å²) in [4.78, 5) is 33.3. The zero-order valence-corrected chi connectivity index (χ0v) is 16.4. The third-order valence-electron chi connectivity index (χ3n) is 5.25. The number of anilines is 1. The summed E-state index contributed by atoms with van der Waals surface area (Å²) < 4.78 is 1.47. The predicted molar refractivity (Wildman–Crippen MR) is 111 cm³/mol. The Morgan fingerprint density at radius 1 is 1.18 bits per heavy atom. The van der Waals surface area contributed by atoms with Crippen LogP contribution in [0.25, 0.3) is 22.2 Å². The van der Waals surface area contributed by atoms with E-state index in [9.17, 15) is 9.59 Å². The number of Topliss-reactive ketones (excluding diaryl/α,β-unsaturated/α-hetero) is 1. The summed E-state index contributed by atoms with van der Waals surface area (Å²) in [5.74, 6) is 1.23. The number of nitrogens with zero attached hydrogens (tertiary/aromatic N) is 3. The minimum atomic E-state index is -0.117. The molecule has 1 fully saturated rings. The SMILES string of the molecule is CC(C)Nc1nc(-c2ccc(C3CCC(=O)C3)cc2)cc2ncn(C)c(=O)c12. The molecule has 144 valence electrons. The highest BCUT2D eigenvalue weighted by Gasteiger charge is 2.23. The number of fused-ring (bicyclic) bond motifs is 1. The lowest BCUT2D eigenvalue weighted by molar-refractivity contribution is -0.117. The van der Waals surface area contributed by atoms with Crippen LogP contribution in [0.15, 0.2) is 41.5 Å². The van der Waals surface area contributed by atoms with E-state index in [1.165, 1.54) is 16.5 Å². The van der Waals surface area contributed by atoms with Gasteiger partial charge in [-0.15, -0.1) is 0 Å². The molecule has 2 heterocycles. The second-order valence-electron chi connectivity index (χ2n) is 7.81. The maximum Gasteiger partial charge on any atom is 0.264 e. The van der Waals surface area contributed by atoms with Gasteiger partial charge in [-0.2, -0.15) is 0 Å². The summed E-state index contributed by atoms with van der Waals surface area (Å²) in [6.45, 7) is 4.03. The van der Waals surface area contributed by atoms with Crippen molar-refractivity contribution in [2.75, 3.05) is 5.32 Å². The van der Waals surface area contributed by atoms with Crippen molar-refractivity contribution in [1.82, 2.24) is 14.5 Å². The van der Waals surface area contributed by atoms with Crippen LogP contribution in [-0.2, 0) is 11.8 Å². The second-order valence-corrected chi connectivity index (χ2v) is 7.81. The molecule has 1 aliphatic carbocycles. The number of carbonyl (C=O) groups is 1. The highest BCUT2D eigenvalue weighted by molar-refractivity contribution is 5.91. The standard InChI is InChI=1S/C22H24N4O2/c1-13(2)24-21-20-19(23-12-26(3)22(20)28)11-18(25-21)15-6-4-14(5-7-15)16-8-9-17(27)10-16/h4-7,11-13,16H,8-10H2,1-3H3,(H,24,25). The van der Waals surface area contributed by atoms with E-state index in [2.05, 4.69) is 22.4 Å². The molecular weight excluding hydrogens is 352 g/mol. The summed E-state index contributed by atoms with van der Waals surface area (Å²) >= 11 is 0. The highest BCUT2D eigenvalue weighted by atomic mass is 16.1. The maximum atomic E-state index is 12.6. The third kappa shape index (κ3) is 3.42. The molecule has 0 radical (unpaired) electrons. The Labute approximate surface area is 163 Å². The minimum Gasteiger partial charge on any atom is -0.367 e. The van der Waals surface area contributed by atoms with Gasteiger partial charge in [-0.05, 0) is 37.8 Å². The first-order valence-electron chi connectivity index (χ1n) is 9.67. The maximum absolute atomic E-state index is 12.6. The van der Waals surface area contributed by atoms with E-state index < -0.39 is 0 Å². The summed E-state index contributed by atoms with van der Waals surface area (Å²) in [5.41, 5.74) is 3.44. The Balaban J connectivity index is 1.77. The highest BCUT2D eigenvalue weighted by Crippen LogP contribution is 2.33. The van der Waals surface area contributed by atoms with E-state index in [-0.39, 0.29) is 11.6 Å². The molecule has 1 unspecified atom stereocenters. The van der Waals surface area contributed by atoms with Gasteiger partial charge in [0.1, 0.15) is 17.0 Å². The number of pyridine rings is 1. The van der Waals surface area contributed by atoms with Crippen molar-refractivity contribution in [2.24, 2.45) is 7.05 Å². The molecule has 0 amide bonds.